The van der Waals surface area contributed by atoms with Crippen LogP contribution in [0.3, 0.4) is 0 Å². The van der Waals surface area contributed by atoms with E-state index in [4.69, 9.17) is 20.4 Å². The van der Waals surface area contributed by atoms with Crippen LogP contribution in [-0.4, -0.2) is 55.3 Å². The number of rotatable bonds is 4. The van der Waals surface area contributed by atoms with Gasteiger partial charge in [0.25, 0.3) is 0 Å². The van der Waals surface area contributed by atoms with Crippen molar-refractivity contribution in [1.82, 2.24) is 29.5 Å². The SMILES string of the molecule is Nc1cnc(-c2nc(N3CC4COC(C4)C3)nc3c2ncn3Cc2ccccc2)cn1. The van der Waals surface area contributed by atoms with E-state index in [1.807, 2.05) is 24.5 Å². The van der Waals surface area contributed by atoms with Gasteiger partial charge in [0.2, 0.25) is 5.95 Å². The molecule has 1 aromatic carbocycles. The fourth-order valence-electron chi connectivity index (χ4n) is 4.44. The minimum atomic E-state index is 0.243. The van der Waals surface area contributed by atoms with Gasteiger partial charge in [-0.25, -0.2) is 19.9 Å². The number of hydrogen-bond acceptors (Lipinski definition) is 8. The summed E-state index contributed by atoms with van der Waals surface area (Å²) in [5, 5.41) is 0. The van der Waals surface area contributed by atoms with Crippen molar-refractivity contribution in [2.75, 3.05) is 30.3 Å². The highest BCUT2D eigenvalue weighted by atomic mass is 16.5. The Morgan fingerprint density at radius 3 is 2.74 bits per heavy atom. The van der Waals surface area contributed by atoms with Crippen molar-refractivity contribution in [2.24, 2.45) is 5.92 Å². The maximum Gasteiger partial charge on any atom is 0.228 e. The lowest BCUT2D eigenvalue weighted by atomic mass is 10.0. The molecule has 3 aromatic heterocycles. The molecule has 0 spiro atoms. The average molecular weight is 414 g/mol. The molecule has 2 aliphatic rings. The van der Waals surface area contributed by atoms with Gasteiger partial charge in [-0.1, -0.05) is 30.3 Å². The van der Waals surface area contributed by atoms with Crippen LogP contribution in [0.15, 0.2) is 49.1 Å². The fourth-order valence-corrected chi connectivity index (χ4v) is 4.44. The second kappa shape index (κ2) is 7.28. The molecule has 9 heteroatoms. The van der Waals surface area contributed by atoms with Crippen LogP contribution in [0.2, 0.25) is 0 Å². The van der Waals surface area contributed by atoms with Crippen LogP contribution in [0.4, 0.5) is 11.8 Å². The summed E-state index contributed by atoms with van der Waals surface area (Å²) in [5.41, 5.74) is 9.70. The number of benzene rings is 1. The molecule has 2 atom stereocenters. The topological polar surface area (TPSA) is 108 Å². The van der Waals surface area contributed by atoms with Crippen LogP contribution in [0.5, 0.6) is 0 Å². The highest BCUT2D eigenvalue weighted by Crippen LogP contribution is 2.31. The Bertz CT molecular complexity index is 1210. The summed E-state index contributed by atoms with van der Waals surface area (Å²) in [7, 11) is 0. The Hall–Kier alpha value is -3.59. The minimum absolute atomic E-state index is 0.243. The summed E-state index contributed by atoms with van der Waals surface area (Å²) in [6.07, 6.45) is 6.35. The van der Waals surface area contributed by atoms with Gasteiger partial charge in [0.05, 0.1) is 38.0 Å². The summed E-state index contributed by atoms with van der Waals surface area (Å²) >= 11 is 0. The first-order valence-corrected chi connectivity index (χ1v) is 10.4. The van der Waals surface area contributed by atoms with E-state index in [9.17, 15) is 0 Å². The zero-order valence-corrected chi connectivity index (χ0v) is 16.9. The second-order valence-electron chi connectivity index (χ2n) is 8.19. The minimum Gasteiger partial charge on any atom is -0.382 e. The van der Waals surface area contributed by atoms with E-state index in [2.05, 4.69) is 36.6 Å². The van der Waals surface area contributed by atoms with Crippen LogP contribution in [-0.2, 0) is 11.3 Å². The highest BCUT2D eigenvalue weighted by Gasteiger charge is 2.35. The Labute approximate surface area is 179 Å². The van der Waals surface area contributed by atoms with E-state index in [-0.39, 0.29) is 6.10 Å². The molecular formula is C22H22N8O. The standard InChI is InChI=1S/C22H22N8O/c23-18-8-24-17(7-25-18)19-20-21(30(13-26-20)9-14-4-2-1-3-5-14)28-22(27-19)29-10-15-6-16(11-29)31-12-15/h1-5,7-8,13,15-16H,6,9-12H2,(H2,23,25). The van der Waals surface area contributed by atoms with Gasteiger partial charge in [-0.2, -0.15) is 4.98 Å². The molecule has 9 nitrogen and oxygen atoms in total. The number of piperidine rings is 1. The van der Waals surface area contributed by atoms with E-state index in [1.54, 1.807) is 12.4 Å². The molecule has 2 aliphatic heterocycles. The first-order valence-electron chi connectivity index (χ1n) is 10.4. The van der Waals surface area contributed by atoms with Crippen LogP contribution in [0.1, 0.15) is 12.0 Å². The molecule has 6 rings (SSSR count). The molecule has 2 unspecified atom stereocenters. The van der Waals surface area contributed by atoms with Gasteiger partial charge < -0.3 is 19.9 Å². The molecule has 2 bridgehead atoms. The third kappa shape index (κ3) is 3.36. The van der Waals surface area contributed by atoms with E-state index in [1.165, 1.54) is 5.56 Å². The molecule has 0 aliphatic carbocycles. The Kier molecular flexibility index (Phi) is 4.27. The summed E-state index contributed by atoms with van der Waals surface area (Å²) in [5.74, 6) is 1.57. The molecule has 5 heterocycles. The number of fused-ring (bicyclic) bond motifs is 3. The van der Waals surface area contributed by atoms with Gasteiger partial charge in [0.15, 0.2) is 5.65 Å². The molecule has 31 heavy (non-hydrogen) atoms. The van der Waals surface area contributed by atoms with Crippen molar-refractivity contribution in [1.29, 1.82) is 0 Å². The summed E-state index contributed by atoms with van der Waals surface area (Å²) < 4.78 is 7.94. The molecule has 156 valence electrons. The van der Waals surface area contributed by atoms with Crippen molar-refractivity contribution < 1.29 is 4.74 Å². The zero-order chi connectivity index (χ0) is 20.8. The van der Waals surface area contributed by atoms with E-state index in [0.29, 0.717) is 41.1 Å². The van der Waals surface area contributed by atoms with Gasteiger partial charge >= 0.3 is 0 Å². The maximum atomic E-state index is 5.88. The number of ether oxygens (including phenoxy) is 1. The van der Waals surface area contributed by atoms with Crippen molar-refractivity contribution >= 4 is 22.9 Å². The van der Waals surface area contributed by atoms with E-state index >= 15 is 0 Å². The normalized spacial score (nSPS) is 20.5. The Morgan fingerprint density at radius 2 is 1.94 bits per heavy atom. The first kappa shape index (κ1) is 18.2. The molecule has 0 saturated carbocycles. The fraction of sp³-hybridized carbons (Fsp3) is 0.318. The Morgan fingerprint density at radius 1 is 1.03 bits per heavy atom. The smallest absolute Gasteiger partial charge is 0.228 e. The summed E-state index contributed by atoms with van der Waals surface area (Å²) in [6.45, 7) is 3.17. The van der Waals surface area contributed by atoms with Crippen molar-refractivity contribution in [2.45, 2.75) is 19.1 Å². The Balaban J connectivity index is 1.48. The van der Waals surface area contributed by atoms with Gasteiger partial charge in [0.1, 0.15) is 22.7 Å². The number of imidazole rings is 1. The number of hydrogen-bond donors (Lipinski definition) is 1. The third-order valence-electron chi connectivity index (χ3n) is 5.91. The van der Waals surface area contributed by atoms with Crippen LogP contribution < -0.4 is 10.6 Å². The number of nitrogens with two attached hydrogens (primary N) is 1. The molecule has 2 N–H and O–H groups in total. The van der Waals surface area contributed by atoms with Crippen LogP contribution in [0, 0.1) is 5.92 Å². The monoisotopic (exact) mass is 414 g/mol. The molecule has 2 fully saturated rings. The van der Waals surface area contributed by atoms with Gasteiger partial charge in [-0.3, -0.25) is 0 Å². The van der Waals surface area contributed by atoms with Gasteiger partial charge in [-0.05, 0) is 12.0 Å². The number of aromatic nitrogens is 6. The highest BCUT2D eigenvalue weighted by molar-refractivity contribution is 5.87. The lowest BCUT2D eigenvalue weighted by Gasteiger charge is -2.30. The van der Waals surface area contributed by atoms with Gasteiger partial charge in [0, 0.05) is 19.0 Å². The third-order valence-corrected chi connectivity index (χ3v) is 5.91. The summed E-state index contributed by atoms with van der Waals surface area (Å²) in [4.78, 5) is 25.3. The summed E-state index contributed by atoms with van der Waals surface area (Å²) in [6, 6.07) is 10.3. The van der Waals surface area contributed by atoms with Gasteiger partial charge in [-0.15, -0.1) is 0 Å². The second-order valence-corrected chi connectivity index (χ2v) is 8.19. The average Bonchev–Trinajstić information content (AvgIpc) is 3.36. The lowest BCUT2D eigenvalue weighted by Crippen LogP contribution is -2.40. The van der Waals surface area contributed by atoms with Crippen molar-refractivity contribution in [3.8, 4) is 11.4 Å². The number of anilines is 2. The number of nitrogen functional groups attached to an aromatic ring is 1. The van der Waals surface area contributed by atoms with Crippen LogP contribution >= 0.6 is 0 Å². The first-order chi connectivity index (χ1) is 15.2. The van der Waals surface area contributed by atoms with Crippen LogP contribution in [0.25, 0.3) is 22.6 Å². The molecule has 4 aromatic rings. The van der Waals surface area contributed by atoms with E-state index < -0.39 is 0 Å². The molecule has 0 amide bonds. The molecular weight excluding hydrogens is 392 g/mol. The predicted molar refractivity (Wildman–Crippen MR) is 116 cm³/mol. The predicted octanol–water partition coefficient (Wildman–Crippen LogP) is 2.14. The van der Waals surface area contributed by atoms with Crippen molar-refractivity contribution in [3.63, 3.8) is 0 Å². The maximum absolute atomic E-state index is 5.88. The zero-order valence-electron chi connectivity index (χ0n) is 16.9. The largest absolute Gasteiger partial charge is 0.382 e. The molecule has 2 saturated heterocycles. The molecule has 0 radical (unpaired) electrons. The number of nitrogens with zero attached hydrogens (tertiary/aromatic N) is 7. The van der Waals surface area contributed by atoms with E-state index in [0.717, 1.165) is 31.8 Å². The quantitative estimate of drug-likeness (QED) is 0.541. The van der Waals surface area contributed by atoms with Crippen molar-refractivity contribution in [3.05, 3.63) is 54.6 Å². The lowest BCUT2D eigenvalue weighted by molar-refractivity contribution is 0.119.